The largest absolute Gasteiger partial charge is 0.494 e. The highest BCUT2D eigenvalue weighted by Crippen LogP contribution is 2.20. The Labute approximate surface area is 190 Å². The minimum Gasteiger partial charge on any atom is -0.494 e. The molecule has 0 unspecified atom stereocenters. The predicted molar refractivity (Wildman–Crippen MR) is 121 cm³/mol. The fourth-order valence-corrected chi connectivity index (χ4v) is 4.32. The lowest BCUT2D eigenvalue weighted by atomic mass is 10.2. The van der Waals surface area contributed by atoms with E-state index in [0.29, 0.717) is 30.1 Å². The maximum absolute atomic E-state index is 12.7. The summed E-state index contributed by atoms with van der Waals surface area (Å²) in [6, 6.07) is 15.9. The SMILES string of the molecule is CCOc1ccc(Cn2c(CNS(=O)(=O)c3ccc([N+](=O)[O-])cc3)nc3cccnc32)cc1. The van der Waals surface area contributed by atoms with Crippen molar-refractivity contribution < 1.29 is 18.1 Å². The second kappa shape index (κ2) is 9.35. The Morgan fingerprint density at radius 1 is 1.09 bits per heavy atom. The molecule has 0 atom stereocenters. The zero-order valence-electron chi connectivity index (χ0n) is 17.7. The molecule has 0 aliphatic carbocycles. The zero-order valence-corrected chi connectivity index (χ0v) is 18.5. The molecule has 0 bridgehead atoms. The minimum atomic E-state index is -3.90. The standard InChI is InChI=1S/C22H21N5O5S/c1-2-32-18-9-5-16(6-10-18)15-26-21(25-20-4-3-13-23-22(20)26)14-24-33(30,31)19-11-7-17(8-12-19)27(28)29/h3-13,24H,2,14-15H2,1H3. The Morgan fingerprint density at radius 2 is 1.82 bits per heavy atom. The molecule has 4 aromatic rings. The van der Waals surface area contributed by atoms with Crippen LogP contribution in [0, 0.1) is 10.1 Å². The van der Waals surface area contributed by atoms with E-state index < -0.39 is 14.9 Å². The molecule has 4 rings (SSSR count). The topological polar surface area (TPSA) is 129 Å². The van der Waals surface area contributed by atoms with Gasteiger partial charge in [0.1, 0.15) is 17.1 Å². The average Bonchev–Trinajstić information content (AvgIpc) is 3.17. The quantitative estimate of drug-likeness (QED) is 0.295. The number of benzene rings is 2. The van der Waals surface area contributed by atoms with E-state index in [-0.39, 0.29) is 17.1 Å². The van der Waals surface area contributed by atoms with Gasteiger partial charge in [-0.3, -0.25) is 10.1 Å². The number of nitrogens with one attached hydrogen (secondary N) is 1. The first-order valence-corrected chi connectivity index (χ1v) is 11.6. The summed E-state index contributed by atoms with van der Waals surface area (Å²) in [6.07, 6.45) is 1.66. The molecule has 0 spiro atoms. The highest BCUT2D eigenvalue weighted by Gasteiger charge is 2.19. The molecule has 0 aliphatic heterocycles. The van der Waals surface area contributed by atoms with Crippen molar-refractivity contribution in [3.05, 3.63) is 88.4 Å². The molecular weight excluding hydrogens is 446 g/mol. The van der Waals surface area contributed by atoms with Gasteiger partial charge in [-0.25, -0.2) is 23.1 Å². The summed E-state index contributed by atoms with van der Waals surface area (Å²) < 4.78 is 35.3. The van der Waals surface area contributed by atoms with Crippen LogP contribution in [-0.4, -0.2) is 34.5 Å². The number of hydrogen-bond donors (Lipinski definition) is 1. The normalized spacial score (nSPS) is 11.5. The van der Waals surface area contributed by atoms with Crippen LogP contribution in [0.25, 0.3) is 11.2 Å². The summed E-state index contributed by atoms with van der Waals surface area (Å²) in [6.45, 7) is 2.86. The molecule has 2 aromatic heterocycles. The maximum atomic E-state index is 12.7. The Balaban J connectivity index is 1.59. The van der Waals surface area contributed by atoms with Crippen LogP contribution >= 0.6 is 0 Å². The van der Waals surface area contributed by atoms with E-state index in [1.807, 2.05) is 41.8 Å². The van der Waals surface area contributed by atoms with Crippen LogP contribution in [0.3, 0.4) is 0 Å². The fourth-order valence-electron chi connectivity index (χ4n) is 3.34. The van der Waals surface area contributed by atoms with Gasteiger partial charge in [-0.15, -0.1) is 0 Å². The molecule has 0 saturated carbocycles. The number of non-ortho nitro benzene ring substituents is 1. The number of hydrogen-bond acceptors (Lipinski definition) is 7. The number of nitrogens with zero attached hydrogens (tertiary/aromatic N) is 4. The van der Waals surface area contributed by atoms with Gasteiger partial charge in [0.05, 0.1) is 29.5 Å². The lowest BCUT2D eigenvalue weighted by Crippen LogP contribution is -2.25. The summed E-state index contributed by atoms with van der Waals surface area (Å²) in [4.78, 5) is 19.1. The van der Waals surface area contributed by atoms with Crippen LogP contribution < -0.4 is 9.46 Å². The molecular formula is C22H21N5O5S. The third kappa shape index (κ3) is 4.99. The first-order chi connectivity index (χ1) is 15.9. The van der Waals surface area contributed by atoms with Gasteiger partial charge >= 0.3 is 0 Å². The average molecular weight is 468 g/mol. The van der Waals surface area contributed by atoms with Gasteiger partial charge in [-0.05, 0) is 48.9 Å². The molecule has 170 valence electrons. The molecule has 33 heavy (non-hydrogen) atoms. The number of nitro benzene ring substituents is 1. The van der Waals surface area contributed by atoms with Crippen molar-refractivity contribution in [2.45, 2.75) is 24.9 Å². The van der Waals surface area contributed by atoms with Gasteiger partial charge in [-0.1, -0.05) is 12.1 Å². The van der Waals surface area contributed by atoms with Crippen LogP contribution in [0.5, 0.6) is 5.75 Å². The summed E-state index contributed by atoms with van der Waals surface area (Å²) in [5, 5.41) is 10.8. The number of pyridine rings is 1. The second-order valence-electron chi connectivity index (χ2n) is 7.11. The van der Waals surface area contributed by atoms with Gasteiger partial charge < -0.3 is 9.30 Å². The number of aromatic nitrogens is 3. The molecule has 2 heterocycles. The molecule has 0 saturated heterocycles. The lowest BCUT2D eigenvalue weighted by Gasteiger charge is -2.11. The van der Waals surface area contributed by atoms with E-state index in [2.05, 4.69) is 14.7 Å². The van der Waals surface area contributed by atoms with Crippen molar-refractivity contribution in [2.75, 3.05) is 6.61 Å². The van der Waals surface area contributed by atoms with Crippen LogP contribution in [0.15, 0.2) is 71.8 Å². The van der Waals surface area contributed by atoms with E-state index in [0.717, 1.165) is 23.4 Å². The highest BCUT2D eigenvalue weighted by atomic mass is 32.2. The number of sulfonamides is 1. The van der Waals surface area contributed by atoms with Crippen LogP contribution in [-0.2, 0) is 23.1 Å². The predicted octanol–water partition coefficient (Wildman–Crippen LogP) is 3.27. The summed E-state index contributed by atoms with van der Waals surface area (Å²) in [7, 11) is -3.90. The molecule has 11 heteroatoms. The smallest absolute Gasteiger partial charge is 0.269 e. The van der Waals surface area contributed by atoms with Crippen molar-refractivity contribution in [3.63, 3.8) is 0 Å². The van der Waals surface area contributed by atoms with Crippen molar-refractivity contribution in [2.24, 2.45) is 0 Å². The molecule has 1 N–H and O–H groups in total. The number of imidazole rings is 1. The lowest BCUT2D eigenvalue weighted by molar-refractivity contribution is -0.384. The number of ether oxygens (including phenoxy) is 1. The van der Waals surface area contributed by atoms with Gasteiger partial charge in [0.2, 0.25) is 10.0 Å². The third-order valence-corrected chi connectivity index (χ3v) is 6.35. The second-order valence-corrected chi connectivity index (χ2v) is 8.88. The Kier molecular flexibility index (Phi) is 6.33. The third-order valence-electron chi connectivity index (χ3n) is 4.94. The molecule has 10 nitrogen and oxygen atoms in total. The number of rotatable bonds is 9. The summed E-state index contributed by atoms with van der Waals surface area (Å²) >= 11 is 0. The minimum absolute atomic E-state index is 0.0691. The van der Waals surface area contributed by atoms with Crippen LogP contribution in [0.2, 0.25) is 0 Å². The summed E-state index contributed by atoms with van der Waals surface area (Å²) in [5.41, 5.74) is 2.07. The molecule has 0 fully saturated rings. The molecule has 0 aliphatic rings. The van der Waals surface area contributed by atoms with Crippen molar-refractivity contribution in [1.29, 1.82) is 0 Å². The Morgan fingerprint density at radius 3 is 2.48 bits per heavy atom. The monoisotopic (exact) mass is 467 g/mol. The van der Waals surface area contributed by atoms with Crippen molar-refractivity contribution in [1.82, 2.24) is 19.3 Å². The highest BCUT2D eigenvalue weighted by molar-refractivity contribution is 7.89. The molecule has 2 aromatic carbocycles. The van der Waals surface area contributed by atoms with Gasteiger partial charge in [0.25, 0.3) is 5.69 Å². The van der Waals surface area contributed by atoms with E-state index in [9.17, 15) is 18.5 Å². The zero-order chi connectivity index (χ0) is 23.4. The van der Waals surface area contributed by atoms with E-state index in [4.69, 9.17) is 4.74 Å². The van der Waals surface area contributed by atoms with Gasteiger partial charge in [-0.2, -0.15) is 0 Å². The van der Waals surface area contributed by atoms with Crippen LogP contribution in [0.1, 0.15) is 18.3 Å². The molecule has 0 radical (unpaired) electrons. The van der Waals surface area contributed by atoms with E-state index in [1.165, 1.54) is 12.1 Å². The van der Waals surface area contributed by atoms with Crippen LogP contribution in [0.4, 0.5) is 5.69 Å². The first-order valence-electron chi connectivity index (χ1n) is 10.1. The van der Waals surface area contributed by atoms with Crippen molar-refractivity contribution in [3.8, 4) is 5.75 Å². The Bertz CT molecular complexity index is 1380. The first kappa shape index (κ1) is 22.4. The Hall–Kier alpha value is -3.83. The van der Waals surface area contributed by atoms with Crippen molar-refractivity contribution >= 4 is 26.9 Å². The van der Waals surface area contributed by atoms with Gasteiger partial charge in [0.15, 0.2) is 5.65 Å². The maximum Gasteiger partial charge on any atom is 0.269 e. The number of nitro groups is 1. The molecule has 0 amide bonds. The van der Waals surface area contributed by atoms with E-state index >= 15 is 0 Å². The van der Waals surface area contributed by atoms with E-state index in [1.54, 1.807) is 12.3 Å². The fraction of sp³-hybridized carbons (Fsp3) is 0.182. The van der Waals surface area contributed by atoms with Gasteiger partial charge in [0, 0.05) is 18.3 Å². The number of fused-ring (bicyclic) bond motifs is 1. The summed E-state index contributed by atoms with van der Waals surface area (Å²) in [5.74, 6) is 1.26.